The van der Waals surface area contributed by atoms with Crippen molar-refractivity contribution >= 4 is 17.3 Å². The van der Waals surface area contributed by atoms with Gasteiger partial charge >= 0.3 is 5.97 Å². The monoisotopic (exact) mass is 316 g/mol. The molecule has 0 radical (unpaired) electrons. The van der Waals surface area contributed by atoms with Crippen molar-refractivity contribution in [3.05, 3.63) is 10.4 Å². The van der Waals surface area contributed by atoms with Crippen LogP contribution in [0.15, 0.2) is 0 Å². The van der Waals surface area contributed by atoms with Crippen LogP contribution in [0.5, 0.6) is 10.8 Å². The lowest BCUT2D eigenvalue weighted by Gasteiger charge is -2.07. The Morgan fingerprint density at radius 3 is 2.57 bits per heavy atom. The Morgan fingerprint density at radius 2 is 2.00 bits per heavy atom. The maximum Gasteiger partial charge on any atom is 0.352 e. The first-order valence-electron chi connectivity index (χ1n) is 7.21. The lowest BCUT2D eigenvalue weighted by Crippen LogP contribution is -2.01. The number of ether oxygens (including phenoxy) is 3. The van der Waals surface area contributed by atoms with Gasteiger partial charge in [0.15, 0.2) is 15.7 Å². The van der Waals surface area contributed by atoms with Gasteiger partial charge in [-0.15, -0.1) is 0 Å². The highest BCUT2D eigenvalue weighted by Crippen LogP contribution is 2.42. The number of unbranched alkanes of at least 4 members (excludes halogenated alkanes) is 2. The van der Waals surface area contributed by atoms with Crippen molar-refractivity contribution in [2.24, 2.45) is 0 Å². The lowest BCUT2D eigenvalue weighted by atomic mass is 10.1. The number of methoxy groups -OCH3 is 2. The molecule has 0 saturated heterocycles. The van der Waals surface area contributed by atoms with E-state index in [2.05, 4.69) is 6.92 Å². The van der Waals surface area contributed by atoms with Gasteiger partial charge in [0.2, 0.25) is 0 Å². The van der Waals surface area contributed by atoms with Crippen LogP contribution in [0.25, 0.3) is 0 Å². The molecule has 0 aliphatic carbocycles. The Hall–Kier alpha value is -1.27. The number of hydrogen-bond acceptors (Lipinski definition) is 6. The summed E-state index contributed by atoms with van der Waals surface area (Å²) in [4.78, 5) is 12.3. The molecule has 0 bridgehead atoms. The Kier molecular flexibility index (Phi) is 8.15. The summed E-state index contributed by atoms with van der Waals surface area (Å²) >= 11 is 1.28. The van der Waals surface area contributed by atoms with Crippen molar-refractivity contribution in [2.45, 2.75) is 39.0 Å². The van der Waals surface area contributed by atoms with E-state index in [4.69, 9.17) is 19.3 Å². The van der Waals surface area contributed by atoms with Crippen LogP contribution in [-0.4, -0.2) is 38.5 Å². The highest BCUT2D eigenvalue weighted by Gasteiger charge is 2.24. The van der Waals surface area contributed by atoms with E-state index < -0.39 is 5.97 Å². The second kappa shape index (κ2) is 9.63. The molecule has 0 aromatic carbocycles. The van der Waals surface area contributed by atoms with Gasteiger partial charge in [-0.2, -0.15) is 0 Å². The number of aliphatic hydroxyl groups excluding tert-OH is 1. The van der Waals surface area contributed by atoms with Crippen LogP contribution in [0.3, 0.4) is 0 Å². The molecule has 1 N–H and O–H groups in total. The van der Waals surface area contributed by atoms with Gasteiger partial charge in [-0.05, 0) is 25.7 Å². The minimum Gasteiger partial charge on any atom is -0.495 e. The first-order valence-corrected chi connectivity index (χ1v) is 8.02. The minimum absolute atomic E-state index is 0.209. The van der Waals surface area contributed by atoms with Crippen LogP contribution in [-0.2, 0) is 11.2 Å². The maximum atomic E-state index is 11.8. The molecule has 0 unspecified atom stereocenters. The Labute approximate surface area is 129 Å². The van der Waals surface area contributed by atoms with Crippen molar-refractivity contribution in [1.29, 1.82) is 0 Å². The zero-order valence-electron chi connectivity index (χ0n) is 12.9. The number of aliphatic hydroxyl groups is 1. The molecular weight excluding hydrogens is 292 g/mol. The molecule has 0 aliphatic heterocycles. The highest BCUT2D eigenvalue weighted by atomic mass is 32.1. The van der Waals surface area contributed by atoms with Gasteiger partial charge < -0.3 is 19.3 Å². The Balaban J connectivity index is 2.85. The van der Waals surface area contributed by atoms with Gasteiger partial charge in [-0.25, -0.2) is 4.79 Å². The highest BCUT2D eigenvalue weighted by molar-refractivity contribution is 7.16. The third-order valence-electron chi connectivity index (χ3n) is 3.03. The molecular formula is C15H24O5S. The summed E-state index contributed by atoms with van der Waals surface area (Å²) < 4.78 is 16.0. The molecule has 0 amide bonds. The summed E-state index contributed by atoms with van der Waals surface area (Å²) in [6.07, 6.45) is 4.31. The number of rotatable bonds is 10. The van der Waals surface area contributed by atoms with Gasteiger partial charge in [0.25, 0.3) is 0 Å². The van der Waals surface area contributed by atoms with Gasteiger partial charge in [0, 0.05) is 12.2 Å². The van der Waals surface area contributed by atoms with Crippen LogP contribution < -0.4 is 9.47 Å². The fourth-order valence-corrected chi connectivity index (χ4v) is 3.12. The maximum absolute atomic E-state index is 11.8. The lowest BCUT2D eigenvalue weighted by molar-refractivity contribution is 0.0603. The average molecular weight is 316 g/mol. The van der Waals surface area contributed by atoms with Crippen molar-refractivity contribution in [3.8, 4) is 10.8 Å². The summed E-state index contributed by atoms with van der Waals surface area (Å²) in [6.45, 7) is 2.85. The standard InChI is InChI=1S/C15H24O5S/c1-4-8-11-12(18-2)13(14(17)19-3)21-15(11)20-10-7-5-6-9-16/h16H,4-10H2,1-3H3. The third kappa shape index (κ3) is 4.89. The molecule has 0 atom stereocenters. The van der Waals surface area contributed by atoms with E-state index in [9.17, 15) is 4.79 Å². The molecule has 0 saturated carbocycles. The van der Waals surface area contributed by atoms with Crippen molar-refractivity contribution in [2.75, 3.05) is 27.4 Å². The van der Waals surface area contributed by atoms with E-state index in [0.29, 0.717) is 17.2 Å². The van der Waals surface area contributed by atoms with Gasteiger partial charge in [0.05, 0.1) is 20.8 Å². The number of thiophene rings is 1. The molecule has 1 aromatic rings. The number of carbonyl (C=O) groups excluding carboxylic acids is 1. The van der Waals surface area contributed by atoms with Crippen LogP contribution in [0, 0.1) is 0 Å². The van der Waals surface area contributed by atoms with E-state index in [0.717, 1.165) is 42.7 Å². The normalized spacial score (nSPS) is 10.5. The zero-order chi connectivity index (χ0) is 15.7. The summed E-state index contributed by atoms with van der Waals surface area (Å²) in [5, 5.41) is 9.48. The van der Waals surface area contributed by atoms with Crippen LogP contribution in [0.1, 0.15) is 47.8 Å². The Bertz CT molecular complexity index is 442. The molecule has 21 heavy (non-hydrogen) atoms. The topological polar surface area (TPSA) is 65.0 Å². The molecule has 120 valence electrons. The predicted octanol–water partition coefficient (Wildman–Crippen LogP) is 3.04. The predicted molar refractivity (Wildman–Crippen MR) is 82.6 cm³/mol. The van der Waals surface area contributed by atoms with E-state index in [-0.39, 0.29) is 6.61 Å². The summed E-state index contributed by atoms with van der Waals surface area (Å²) in [7, 11) is 2.91. The number of hydrogen-bond donors (Lipinski definition) is 1. The molecule has 0 spiro atoms. The molecule has 1 rings (SSSR count). The van der Waals surface area contributed by atoms with Crippen LogP contribution in [0.2, 0.25) is 0 Å². The molecule has 0 aliphatic rings. The van der Waals surface area contributed by atoms with E-state index in [1.807, 2.05) is 0 Å². The van der Waals surface area contributed by atoms with E-state index in [1.165, 1.54) is 18.4 Å². The average Bonchev–Trinajstić information content (AvgIpc) is 2.84. The summed E-state index contributed by atoms with van der Waals surface area (Å²) in [6, 6.07) is 0. The first kappa shape index (κ1) is 17.8. The Morgan fingerprint density at radius 1 is 1.24 bits per heavy atom. The smallest absolute Gasteiger partial charge is 0.352 e. The van der Waals surface area contributed by atoms with E-state index >= 15 is 0 Å². The fraction of sp³-hybridized carbons (Fsp3) is 0.667. The first-order chi connectivity index (χ1) is 10.2. The van der Waals surface area contributed by atoms with Gasteiger partial charge in [0.1, 0.15) is 0 Å². The van der Waals surface area contributed by atoms with Crippen molar-refractivity contribution < 1.29 is 24.1 Å². The molecule has 0 fully saturated rings. The quantitative estimate of drug-likeness (QED) is 0.531. The molecule has 1 aromatic heterocycles. The number of esters is 1. The minimum atomic E-state index is -0.399. The molecule has 5 nitrogen and oxygen atoms in total. The SMILES string of the molecule is CCCc1c(OCCCCCO)sc(C(=O)OC)c1OC. The van der Waals surface area contributed by atoms with Crippen LogP contribution >= 0.6 is 11.3 Å². The molecule has 6 heteroatoms. The van der Waals surface area contributed by atoms with E-state index in [1.54, 1.807) is 7.11 Å². The molecule has 1 heterocycles. The van der Waals surface area contributed by atoms with Crippen LogP contribution in [0.4, 0.5) is 0 Å². The van der Waals surface area contributed by atoms with Gasteiger partial charge in [-0.1, -0.05) is 24.7 Å². The summed E-state index contributed by atoms with van der Waals surface area (Å²) in [5.41, 5.74) is 0.938. The largest absolute Gasteiger partial charge is 0.495 e. The summed E-state index contributed by atoms with van der Waals surface area (Å²) in [5.74, 6) is 0.170. The number of carbonyl (C=O) groups is 1. The second-order valence-electron chi connectivity index (χ2n) is 4.60. The van der Waals surface area contributed by atoms with Crippen molar-refractivity contribution in [1.82, 2.24) is 0 Å². The van der Waals surface area contributed by atoms with Gasteiger partial charge in [-0.3, -0.25) is 0 Å². The zero-order valence-corrected chi connectivity index (χ0v) is 13.8. The second-order valence-corrected chi connectivity index (χ2v) is 5.59. The fourth-order valence-electron chi connectivity index (χ4n) is 2.01. The third-order valence-corrected chi connectivity index (χ3v) is 4.14. The van der Waals surface area contributed by atoms with Crippen molar-refractivity contribution in [3.63, 3.8) is 0 Å².